The molecule has 4 N–H and O–H groups in total. The third kappa shape index (κ3) is 3.76. The molecule has 0 saturated heterocycles. The standard InChI is InChI=1S/C12H19N3O3S/c1-3-11(13)9-5-4-6-10(7-9)19(17,18)15(2)8-12(14)16/h4-7,11H,3,8,13H2,1-2H3,(H2,14,16). The monoisotopic (exact) mass is 285 g/mol. The van der Waals surface area contributed by atoms with Crippen LogP contribution in [-0.2, 0) is 14.8 Å². The van der Waals surface area contributed by atoms with Gasteiger partial charge in [-0.15, -0.1) is 0 Å². The Morgan fingerprint density at radius 2 is 2.05 bits per heavy atom. The van der Waals surface area contributed by atoms with Crippen molar-refractivity contribution in [2.45, 2.75) is 24.3 Å². The number of benzene rings is 1. The third-order valence-corrected chi connectivity index (χ3v) is 4.61. The minimum absolute atomic E-state index is 0.109. The maximum Gasteiger partial charge on any atom is 0.243 e. The highest BCUT2D eigenvalue weighted by atomic mass is 32.2. The van der Waals surface area contributed by atoms with Crippen LogP contribution in [-0.4, -0.2) is 32.2 Å². The van der Waals surface area contributed by atoms with Gasteiger partial charge in [-0.3, -0.25) is 4.79 Å². The molecule has 1 amide bonds. The number of likely N-dealkylation sites (N-methyl/N-ethyl adjacent to an activating group) is 1. The normalized spacial score (nSPS) is 13.5. The van der Waals surface area contributed by atoms with Crippen LogP contribution in [0.3, 0.4) is 0 Å². The van der Waals surface area contributed by atoms with Crippen molar-refractivity contribution in [3.05, 3.63) is 29.8 Å². The number of amides is 1. The SMILES string of the molecule is CCC(N)c1cccc(S(=O)(=O)N(C)CC(N)=O)c1. The van der Waals surface area contributed by atoms with Crippen LogP contribution >= 0.6 is 0 Å². The van der Waals surface area contributed by atoms with Crippen LogP contribution in [0.4, 0.5) is 0 Å². The first-order valence-electron chi connectivity index (χ1n) is 5.89. The zero-order chi connectivity index (χ0) is 14.6. The average molecular weight is 285 g/mol. The smallest absolute Gasteiger partial charge is 0.243 e. The predicted octanol–water partition coefficient (Wildman–Crippen LogP) is 0.202. The molecule has 6 nitrogen and oxygen atoms in total. The molecule has 19 heavy (non-hydrogen) atoms. The van der Waals surface area contributed by atoms with E-state index in [4.69, 9.17) is 11.5 Å². The minimum Gasteiger partial charge on any atom is -0.369 e. The Bertz CT molecular complexity index is 557. The second-order valence-electron chi connectivity index (χ2n) is 4.31. The summed E-state index contributed by atoms with van der Waals surface area (Å²) in [5.74, 6) is -0.701. The number of nitrogens with two attached hydrogens (primary N) is 2. The van der Waals surface area contributed by atoms with Gasteiger partial charge in [0.2, 0.25) is 15.9 Å². The van der Waals surface area contributed by atoms with Crippen LogP contribution in [0.2, 0.25) is 0 Å². The Labute approximate surface area is 113 Å². The zero-order valence-electron chi connectivity index (χ0n) is 11.0. The number of hydrogen-bond acceptors (Lipinski definition) is 4. The molecule has 0 aliphatic rings. The van der Waals surface area contributed by atoms with Crippen LogP contribution in [0, 0.1) is 0 Å². The van der Waals surface area contributed by atoms with Crippen molar-refractivity contribution >= 4 is 15.9 Å². The molecule has 0 radical (unpaired) electrons. The Balaban J connectivity index is 3.11. The van der Waals surface area contributed by atoms with Crippen molar-refractivity contribution < 1.29 is 13.2 Å². The summed E-state index contributed by atoms with van der Waals surface area (Å²) in [7, 11) is -2.41. The molecule has 0 heterocycles. The van der Waals surface area contributed by atoms with Crippen molar-refractivity contribution in [2.75, 3.05) is 13.6 Å². The maximum atomic E-state index is 12.2. The lowest BCUT2D eigenvalue weighted by atomic mass is 10.1. The molecule has 1 unspecified atom stereocenters. The molecule has 1 aromatic carbocycles. The van der Waals surface area contributed by atoms with Crippen molar-refractivity contribution in [1.29, 1.82) is 0 Å². The van der Waals surface area contributed by atoms with E-state index in [2.05, 4.69) is 0 Å². The molecule has 0 aromatic heterocycles. The second-order valence-corrected chi connectivity index (χ2v) is 6.36. The number of carbonyl (C=O) groups is 1. The van der Waals surface area contributed by atoms with E-state index >= 15 is 0 Å². The van der Waals surface area contributed by atoms with Crippen LogP contribution < -0.4 is 11.5 Å². The van der Waals surface area contributed by atoms with Gasteiger partial charge < -0.3 is 11.5 Å². The highest BCUT2D eigenvalue weighted by Gasteiger charge is 2.22. The van der Waals surface area contributed by atoms with Gasteiger partial charge in [0.1, 0.15) is 0 Å². The first-order valence-corrected chi connectivity index (χ1v) is 7.33. The van der Waals surface area contributed by atoms with E-state index in [1.807, 2.05) is 6.92 Å². The molecule has 7 heteroatoms. The molecule has 0 bridgehead atoms. The van der Waals surface area contributed by atoms with Gasteiger partial charge in [-0.25, -0.2) is 8.42 Å². The lowest BCUT2D eigenvalue weighted by molar-refractivity contribution is -0.118. The molecule has 0 fully saturated rings. The molecular weight excluding hydrogens is 266 g/mol. The minimum atomic E-state index is -3.72. The molecule has 0 aliphatic carbocycles. The van der Waals surface area contributed by atoms with Crippen LogP contribution in [0.1, 0.15) is 24.9 Å². The lowest BCUT2D eigenvalue weighted by Gasteiger charge is -2.17. The molecule has 0 aliphatic heterocycles. The summed E-state index contributed by atoms with van der Waals surface area (Å²) >= 11 is 0. The fourth-order valence-electron chi connectivity index (χ4n) is 1.63. The van der Waals surface area contributed by atoms with Gasteiger partial charge >= 0.3 is 0 Å². The van der Waals surface area contributed by atoms with Gasteiger partial charge in [-0.05, 0) is 24.1 Å². The number of nitrogens with zero attached hydrogens (tertiary/aromatic N) is 1. The van der Waals surface area contributed by atoms with Crippen LogP contribution in [0.25, 0.3) is 0 Å². The van der Waals surface area contributed by atoms with E-state index in [-0.39, 0.29) is 17.5 Å². The van der Waals surface area contributed by atoms with Crippen molar-refractivity contribution in [3.63, 3.8) is 0 Å². The Morgan fingerprint density at radius 3 is 2.58 bits per heavy atom. The average Bonchev–Trinajstić information content (AvgIpc) is 2.37. The molecule has 1 atom stereocenters. The van der Waals surface area contributed by atoms with Crippen LogP contribution in [0.5, 0.6) is 0 Å². The largest absolute Gasteiger partial charge is 0.369 e. The first-order chi connectivity index (χ1) is 8.78. The number of primary amides is 1. The van der Waals surface area contributed by atoms with Gasteiger partial charge in [0, 0.05) is 13.1 Å². The molecule has 0 saturated carbocycles. The second kappa shape index (κ2) is 6.14. The fraction of sp³-hybridized carbons (Fsp3) is 0.417. The summed E-state index contributed by atoms with van der Waals surface area (Å²) in [6.45, 7) is 1.57. The molecule has 1 aromatic rings. The van der Waals surface area contributed by atoms with Gasteiger partial charge in [0.05, 0.1) is 11.4 Å². The first kappa shape index (κ1) is 15.6. The fourth-order valence-corrected chi connectivity index (χ4v) is 2.82. The van der Waals surface area contributed by atoms with Gasteiger partial charge in [-0.1, -0.05) is 19.1 Å². The van der Waals surface area contributed by atoms with Crippen molar-refractivity contribution in [2.24, 2.45) is 11.5 Å². The van der Waals surface area contributed by atoms with E-state index in [1.165, 1.54) is 19.2 Å². The van der Waals surface area contributed by atoms with Crippen molar-refractivity contribution in [3.8, 4) is 0 Å². The lowest BCUT2D eigenvalue weighted by Crippen LogP contribution is -2.35. The highest BCUT2D eigenvalue weighted by molar-refractivity contribution is 7.89. The Kier molecular flexibility index (Phi) is 5.04. The quantitative estimate of drug-likeness (QED) is 0.778. The van der Waals surface area contributed by atoms with Crippen LogP contribution in [0.15, 0.2) is 29.2 Å². The van der Waals surface area contributed by atoms with E-state index in [0.29, 0.717) is 6.42 Å². The molecule has 106 valence electrons. The topological polar surface area (TPSA) is 106 Å². The Morgan fingerprint density at radius 1 is 1.42 bits per heavy atom. The van der Waals surface area contributed by atoms with Gasteiger partial charge in [0.25, 0.3) is 0 Å². The number of hydrogen-bond donors (Lipinski definition) is 2. The van der Waals surface area contributed by atoms with Crippen molar-refractivity contribution in [1.82, 2.24) is 4.31 Å². The van der Waals surface area contributed by atoms with Gasteiger partial charge in [-0.2, -0.15) is 4.31 Å². The van der Waals surface area contributed by atoms with E-state index in [1.54, 1.807) is 12.1 Å². The number of rotatable bonds is 6. The molecular formula is C12H19N3O3S. The predicted molar refractivity (Wildman–Crippen MR) is 72.7 cm³/mol. The van der Waals surface area contributed by atoms with E-state index < -0.39 is 15.9 Å². The Hall–Kier alpha value is -1.44. The summed E-state index contributed by atoms with van der Waals surface area (Å²) in [5.41, 5.74) is 11.6. The summed E-state index contributed by atoms with van der Waals surface area (Å²) in [4.78, 5) is 10.9. The molecule has 1 rings (SSSR count). The summed E-state index contributed by atoms with van der Waals surface area (Å²) < 4.78 is 25.3. The zero-order valence-corrected chi connectivity index (χ0v) is 11.9. The summed E-state index contributed by atoms with van der Waals surface area (Å²) in [5, 5.41) is 0. The summed E-state index contributed by atoms with van der Waals surface area (Å²) in [6, 6.07) is 6.20. The highest BCUT2D eigenvalue weighted by Crippen LogP contribution is 2.20. The van der Waals surface area contributed by atoms with E-state index in [9.17, 15) is 13.2 Å². The summed E-state index contributed by atoms with van der Waals surface area (Å²) in [6.07, 6.45) is 0.709. The van der Waals surface area contributed by atoms with E-state index in [0.717, 1.165) is 9.87 Å². The number of sulfonamides is 1. The molecule has 0 spiro atoms. The van der Waals surface area contributed by atoms with Gasteiger partial charge in [0.15, 0.2) is 0 Å². The number of carbonyl (C=O) groups excluding carboxylic acids is 1. The third-order valence-electron chi connectivity index (χ3n) is 2.81. The maximum absolute atomic E-state index is 12.2.